The number of ketones is 1. The van der Waals surface area contributed by atoms with E-state index in [1.54, 1.807) is 24.3 Å². The van der Waals surface area contributed by atoms with Crippen molar-refractivity contribution in [1.82, 2.24) is 0 Å². The predicted molar refractivity (Wildman–Crippen MR) is 419 cm³/mol. The van der Waals surface area contributed by atoms with E-state index in [-0.39, 0.29) is 64.7 Å². The molecule has 7 unspecified atom stereocenters. The fourth-order valence-electron chi connectivity index (χ4n) is 12.5. The predicted octanol–water partition coefficient (Wildman–Crippen LogP) is 21.3. The summed E-state index contributed by atoms with van der Waals surface area (Å²) in [7, 11) is 0. The van der Waals surface area contributed by atoms with Gasteiger partial charge in [-0.1, -0.05) is 259 Å². The third-order valence-electron chi connectivity index (χ3n) is 18.8. The molecule has 0 radical (unpaired) electrons. The summed E-state index contributed by atoms with van der Waals surface area (Å²) in [5.74, 6) is -2.60. The Morgan fingerprint density at radius 1 is 0.396 bits per heavy atom. The number of hydrogen-bond donors (Lipinski definition) is 5. The van der Waals surface area contributed by atoms with E-state index in [4.69, 9.17) is 29.9 Å². The van der Waals surface area contributed by atoms with Crippen molar-refractivity contribution in [3.63, 3.8) is 0 Å². The Balaban J connectivity index is -0.000000611. The quantitative estimate of drug-likeness (QED) is 0.00943. The number of rotatable bonds is 67. The van der Waals surface area contributed by atoms with Crippen molar-refractivity contribution in [1.29, 1.82) is 0 Å². The van der Waals surface area contributed by atoms with Crippen LogP contribution in [0.25, 0.3) is 0 Å². The number of nitrogens with zero attached hydrogens (tertiary/aromatic N) is 3. The molecule has 2 heterocycles. The van der Waals surface area contributed by atoms with Crippen molar-refractivity contribution in [2.45, 2.75) is 427 Å². The molecule has 2 aliphatic heterocycles. The molecule has 5 N–H and O–H groups in total. The summed E-state index contributed by atoms with van der Waals surface area (Å²) in [6.45, 7) is 8.78. The second-order valence-corrected chi connectivity index (χ2v) is 29.4. The summed E-state index contributed by atoms with van der Waals surface area (Å²) in [5, 5.41) is 78.9. The van der Waals surface area contributed by atoms with Crippen molar-refractivity contribution in [3.8, 4) is 0 Å². The second kappa shape index (κ2) is 72.6. The van der Waals surface area contributed by atoms with E-state index < -0.39 is 46.0 Å². The number of carbonyl (C=O) groups excluding carboxylic acids is 1. The number of thioether (sulfide) groups is 2. The number of aliphatic hydroxyl groups is 1. The van der Waals surface area contributed by atoms with Crippen molar-refractivity contribution >= 4 is 78.4 Å². The molecule has 2 fully saturated rings. The summed E-state index contributed by atoms with van der Waals surface area (Å²) in [4.78, 5) is 87.1. The molecule has 7 atom stereocenters. The van der Waals surface area contributed by atoms with Gasteiger partial charge in [-0.3, -0.25) is 63.8 Å². The molecule has 101 heavy (non-hydrogen) atoms. The highest BCUT2D eigenvalue weighted by Gasteiger charge is 2.68. The number of nitro groups is 3. The molecule has 2 rings (SSSR count). The molecule has 0 bridgehead atoms. The maximum atomic E-state index is 12.2. The number of aliphatic carboxylic acids is 4. The number of carboxylic acids is 4. The Kier molecular flexibility index (Phi) is 75.0. The average molecular weight is 1520 g/mol. The first-order valence-corrected chi connectivity index (χ1v) is 43.5. The molecule has 0 aromatic rings. The van der Waals surface area contributed by atoms with Crippen molar-refractivity contribution in [3.05, 3.63) is 30.3 Å². The highest BCUT2D eigenvalue weighted by Crippen LogP contribution is 2.46. The monoisotopic (exact) mass is 1520 g/mol. The third-order valence-corrected chi connectivity index (χ3v) is 21.1. The van der Waals surface area contributed by atoms with Gasteiger partial charge in [0.15, 0.2) is 12.2 Å². The van der Waals surface area contributed by atoms with E-state index in [2.05, 4.69) is 53.0 Å². The second-order valence-electron chi connectivity index (χ2n) is 27.3. The lowest BCUT2D eigenvalue weighted by Crippen LogP contribution is -2.47. The van der Waals surface area contributed by atoms with E-state index in [0.717, 1.165) is 167 Å². The Labute approximate surface area is 631 Å². The minimum absolute atomic E-state index is 0.167. The molecule has 0 aliphatic carbocycles. The number of epoxide rings is 2. The lowest BCUT2D eigenvalue weighted by molar-refractivity contribution is -0.625. The number of hydrogen-bond acceptors (Lipinski definition) is 18. The maximum absolute atomic E-state index is 12.2. The van der Waals surface area contributed by atoms with E-state index in [9.17, 15) is 59.4 Å². The SMILES string of the molecule is CCCCCCCCC(SC)C(=O)CCCCCCCC(=O)O.CCCCCCCCC(SC)C(O)(CCCCCCCC(=O)O)[N+](=O)[O-].CCCCCCCCC1OC1(CCCCCCCC(=O)O)[N+](=O)[O-].CCCCCCCCC1OC1(CCCCCCCC(=O)O)[N+](=O)[O-].C[S-].C[S-]. The Morgan fingerprint density at radius 3 is 0.950 bits per heavy atom. The lowest BCUT2D eigenvalue weighted by Gasteiger charge is -2.27. The zero-order valence-electron chi connectivity index (χ0n) is 64.4. The molecule has 0 saturated carbocycles. The van der Waals surface area contributed by atoms with Gasteiger partial charge in [-0.15, -0.1) is 0 Å². The zero-order valence-corrected chi connectivity index (χ0v) is 67.7. The normalized spacial score (nSPS) is 17.4. The van der Waals surface area contributed by atoms with Gasteiger partial charge in [-0.25, -0.2) is 0 Å². The van der Waals surface area contributed by atoms with E-state index >= 15 is 0 Å². The van der Waals surface area contributed by atoms with Gasteiger partial charge in [0.25, 0.3) is 0 Å². The molecule has 0 aromatic carbocycles. The first-order valence-electron chi connectivity index (χ1n) is 39.3. The Bertz CT molecular complexity index is 1970. The van der Waals surface area contributed by atoms with Gasteiger partial charge in [0, 0.05) is 51.4 Å². The third kappa shape index (κ3) is 58.8. The van der Waals surface area contributed by atoms with Crippen LogP contribution in [0.1, 0.15) is 387 Å². The van der Waals surface area contributed by atoms with Gasteiger partial charge in [0.1, 0.15) is 11.0 Å². The molecule has 0 amide bonds. The molecule has 0 spiro atoms. The highest BCUT2D eigenvalue weighted by atomic mass is 32.2. The first-order chi connectivity index (χ1) is 48.5. The summed E-state index contributed by atoms with van der Waals surface area (Å²) in [6.07, 6.45) is 58.1. The number of carbonyl (C=O) groups is 5. The summed E-state index contributed by atoms with van der Waals surface area (Å²) in [6, 6.07) is 0. The van der Waals surface area contributed by atoms with E-state index in [1.165, 1.54) is 121 Å². The van der Waals surface area contributed by atoms with E-state index in [0.29, 0.717) is 57.1 Å². The van der Waals surface area contributed by atoms with Gasteiger partial charge < -0.3 is 50.8 Å². The molecule has 0 aromatic heterocycles. The zero-order chi connectivity index (χ0) is 76.9. The largest absolute Gasteiger partial charge is 0.796 e. The van der Waals surface area contributed by atoms with Crippen LogP contribution in [0.4, 0.5) is 0 Å². The Morgan fingerprint density at radius 2 is 0.663 bits per heavy atom. The minimum Gasteiger partial charge on any atom is -0.796 e. The maximum Gasteiger partial charge on any atom is 0.351 e. The number of unbranched alkanes of at least 4 members (excludes halogenated alkanes) is 36. The summed E-state index contributed by atoms with van der Waals surface area (Å²) < 4.78 is 11.0. The minimum atomic E-state index is -1.86. The van der Waals surface area contributed by atoms with Crippen LogP contribution in [0.3, 0.4) is 0 Å². The van der Waals surface area contributed by atoms with Crippen LogP contribution in [0, 0.1) is 30.3 Å². The summed E-state index contributed by atoms with van der Waals surface area (Å²) >= 11 is 11.3. The van der Waals surface area contributed by atoms with E-state index in [1.807, 2.05) is 12.5 Å². The van der Waals surface area contributed by atoms with Crippen molar-refractivity contribution in [2.24, 2.45) is 0 Å². The van der Waals surface area contributed by atoms with Crippen LogP contribution < -0.4 is 0 Å². The number of carboxylic acid groups (broad SMARTS) is 4. The molecule has 21 nitrogen and oxygen atoms in total. The molecule has 25 heteroatoms. The topological polar surface area (TPSA) is 341 Å². The average Bonchev–Trinajstić information content (AvgIpc) is 1.61. The fourth-order valence-corrected chi connectivity index (χ4v) is 14.3. The lowest BCUT2D eigenvalue weighted by atomic mass is 9.96. The van der Waals surface area contributed by atoms with Gasteiger partial charge in [-0.2, -0.15) is 36.0 Å². The fraction of sp³-hybridized carbons (Fsp3) is 0.934. The van der Waals surface area contributed by atoms with Gasteiger partial charge in [-0.05, 0) is 89.6 Å². The van der Waals surface area contributed by atoms with Gasteiger partial charge >= 0.3 is 41.1 Å². The smallest absolute Gasteiger partial charge is 0.351 e. The highest BCUT2D eigenvalue weighted by molar-refractivity contribution is 8.00. The van der Waals surface area contributed by atoms with Crippen molar-refractivity contribution < 1.29 is 73.7 Å². The van der Waals surface area contributed by atoms with Crippen LogP contribution in [0.2, 0.25) is 0 Å². The van der Waals surface area contributed by atoms with Gasteiger partial charge in [0.2, 0.25) is 0 Å². The number of Topliss-reactive ketones (excluding diaryl/α,β-unsaturated/α-hetero) is 1. The molecule has 598 valence electrons. The van der Waals surface area contributed by atoms with Crippen LogP contribution in [0.5, 0.6) is 0 Å². The van der Waals surface area contributed by atoms with Gasteiger partial charge in [0.05, 0.1) is 20.0 Å². The Hall–Kier alpha value is -2.97. The standard InChI is InChI=1S/C19H37NO5S.C19H36O3S.2C18H33NO5.2CH4S/c1-3-4-5-6-8-11-14-17(26-2)19(23,20(24)25)16-13-10-7-9-12-15-18(21)22;1-3-4-5-6-9-12-15-18(23-2)17(20)14-11-8-7-10-13-16-19(21)22;2*1-2-3-4-5-7-10-13-16-18(24-16,19(22)23)15-12-9-6-8-11-14-17(20)21;2*1-2/h17,23H,3-16H2,1-2H3,(H,21,22);18H,3-16H2,1-2H3,(H,21,22);2*16H,2-15H2,1H3,(H,20,21);2*2H,1H3/p-2. The number of ether oxygens (including phenoxy) is 2. The van der Waals surface area contributed by atoms with Crippen molar-refractivity contribution in [2.75, 3.05) is 25.0 Å². The van der Waals surface area contributed by atoms with Crippen LogP contribution in [0.15, 0.2) is 0 Å². The molecular formula is C76H145N3O18S4-2. The van der Waals surface area contributed by atoms with Crippen LogP contribution in [-0.2, 0) is 58.7 Å². The molecule has 2 saturated heterocycles. The van der Waals surface area contributed by atoms with Crippen LogP contribution in [-0.4, -0.2) is 135 Å². The molecule has 2 aliphatic rings. The first kappa shape index (κ1) is 104. The van der Waals surface area contributed by atoms with Crippen LogP contribution >= 0.6 is 23.5 Å². The molecular weight excluding hydrogens is 1370 g/mol. The summed E-state index contributed by atoms with van der Waals surface area (Å²) in [5.41, 5.74) is -4.10.